The molecule has 0 aliphatic rings. The summed E-state index contributed by atoms with van der Waals surface area (Å²) in [5.41, 5.74) is 0.769. The molecule has 14 heavy (non-hydrogen) atoms. The van der Waals surface area contributed by atoms with Crippen molar-refractivity contribution in [3.63, 3.8) is 0 Å². The minimum absolute atomic E-state index is 0.519. The highest BCUT2D eigenvalue weighted by Gasteiger charge is 2.01. The summed E-state index contributed by atoms with van der Waals surface area (Å²) in [5.74, 6) is 0.519. The minimum Gasteiger partial charge on any atom is -0.409 e. The number of aliphatic imine (C=N–C) groups is 1. The monoisotopic (exact) mass is 191 g/mol. The van der Waals surface area contributed by atoms with E-state index in [1.807, 2.05) is 13.0 Å². The maximum Gasteiger partial charge on any atom is 0.438 e. The van der Waals surface area contributed by atoms with E-state index in [1.54, 1.807) is 31.2 Å². The van der Waals surface area contributed by atoms with Crippen molar-refractivity contribution >= 4 is 11.8 Å². The molecule has 74 valence electrons. The topological polar surface area (TPSA) is 38.7 Å². The van der Waals surface area contributed by atoms with E-state index in [-0.39, 0.29) is 0 Å². The highest BCUT2D eigenvalue weighted by molar-refractivity contribution is 5.92. The van der Waals surface area contributed by atoms with Gasteiger partial charge in [0.2, 0.25) is 0 Å². The Morgan fingerprint density at radius 1 is 1.36 bits per heavy atom. The average Bonchev–Trinajstić information content (AvgIpc) is 2.19. The first kappa shape index (κ1) is 10.4. The van der Waals surface area contributed by atoms with Gasteiger partial charge in [-0.05, 0) is 25.5 Å². The smallest absolute Gasteiger partial charge is 0.409 e. The van der Waals surface area contributed by atoms with Crippen molar-refractivity contribution in [2.45, 2.75) is 20.3 Å². The summed E-state index contributed by atoms with van der Waals surface area (Å²) in [6, 6.07) is 8.90. The molecule has 0 bridgehead atoms. The summed E-state index contributed by atoms with van der Waals surface area (Å²) >= 11 is 0. The summed E-state index contributed by atoms with van der Waals surface area (Å²) in [5, 5.41) is 0. The standard InChI is InChI=1S/C11H13NO2/c1-3-9(2)12-11(13)14-10-7-5-4-6-8-10/h4-8H,3H2,1-2H3. The summed E-state index contributed by atoms with van der Waals surface area (Å²) in [7, 11) is 0. The molecule has 0 aromatic heterocycles. The van der Waals surface area contributed by atoms with Crippen molar-refractivity contribution in [3.05, 3.63) is 30.3 Å². The van der Waals surface area contributed by atoms with Crippen LogP contribution in [0.25, 0.3) is 0 Å². The molecule has 0 fully saturated rings. The zero-order valence-electron chi connectivity index (χ0n) is 8.36. The highest BCUT2D eigenvalue weighted by atomic mass is 16.5. The lowest BCUT2D eigenvalue weighted by molar-refractivity contribution is 0.211. The summed E-state index contributed by atoms with van der Waals surface area (Å²) in [4.78, 5) is 14.9. The SMILES string of the molecule is CCC(C)=NC(=O)Oc1ccccc1. The molecule has 0 unspecified atom stereocenters. The minimum atomic E-state index is -0.560. The molecule has 3 nitrogen and oxygen atoms in total. The second-order valence-electron chi connectivity index (χ2n) is 2.88. The lowest BCUT2D eigenvalue weighted by atomic mass is 10.3. The largest absolute Gasteiger partial charge is 0.438 e. The number of hydrogen-bond donors (Lipinski definition) is 0. The van der Waals surface area contributed by atoms with Crippen LogP contribution in [0.3, 0.4) is 0 Å². The normalized spacial score (nSPS) is 11.1. The molecule has 3 heteroatoms. The van der Waals surface area contributed by atoms with Crippen LogP contribution >= 0.6 is 0 Å². The van der Waals surface area contributed by atoms with Crippen LogP contribution in [0.2, 0.25) is 0 Å². The van der Waals surface area contributed by atoms with Crippen molar-refractivity contribution in [1.82, 2.24) is 0 Å². The molecule has 0 spiro atoms. The third-order valence-electron chi connectivity index (χ3n) is 1.74. The molecular weight excluding hydrogens is 178 g/mol. The molecule has 0 atom stereocenters. The van der Waals surface area contributed by atoms with Crippen molar-refractivity contribution in [1.29, 1.82) is 0 Å². The molecule has 0 aliphatic heterocycles. The fraction of sp³-hybridized carbons (Fsp3) is 0.273. The van der Waals surface area contributed by atoms with Crippen molar-refractivity contribution in [3.8, 4) is 5.75 Å². The Labute approximate surface area is 83.4 Å². The van der Waals surface area contributed by atoms with Crippen LogP contribution in [0.5, 0.6) is 5.75 Å². The predicted molar refractivity (Wildman–Crippen MR) is 55.9 cm³/mol. The highest BCUT2D eigenvalue weighted by Crippen LogP contribution is 2.09. The lowest BCUT2D eigenvalue weighted by Gasteiger charge is -1.99. The van der Waals surface area contributed by atoms with Crippen LogP contribution in [-0.2, 0) is 0 Å². The second kappa shape index (κ2) is 5.17. The van der Waals surface area contributed by atoms with Gasteiger partial charge in [0, 0.05) is 5.71 Å². The van der Waals surface area contributed by atoms with Gasteiger partial charge in [0.25, 0.3) is 0 Å². The van der Waals surface area contributed by atoms with E-state index >= 15 is 0 Å². The number of nitrogens with zero attached hydrogens (tertiary/aromatic N) is 1. The van der Waals surface area contributed by atoms with E-state index < -0.39 is 6.09 Å². The van der Waals surface area contributed by atoms with Gasteiger partial charge in [0.1, 0.15) is 5.75 Å². The summed E-state index contributed by atoms with van der Waals surface area (Å²) in [6.45, 7) is 3.74. The Morgan fingerprint density at radius 3 is 2.57 bits per heavy atom. The Bertz CT molecular complexity index is 330. The fourth-order valence-corrected chi connectivity index (χ4v) is 0.847. The molecule has 0 radical (unpaired) electrons. The Balaban J connectivity index is 2.58. The van der Waals surface area contributed by atoms with Crippen LogP contribution < -0.4 is 4.74 Å². The van der Waals surface area contributed by atoms with Gasteiger partial charge in [-0.25, -0.2) is 4.79 Å². The summed E-state index contributed by atoms with van der Waals surface area (Å²) < 4.78 is 4.96. The predicted octanol–water partition coefficient (Wildman–Crippen LogP) is 3.06. The fourth-order valence-electron chi connectivity index (χ4n) is 0.847. The number of amides is 1. The molecule has 0 saturated heterocycles. The Kier molecular flexibility index (Phi) is 3.85. The quantitative estimate of drug-likeness (QED) is 0.674. The van der Waals surface area contributed by atoms with E-state index in [1.165, 1.54) is 0 Å². The van der Waals surface area contributed by atoms with E-state index in [4.69, 9.17) is 4.74 Å². The molecule has 0 heterocycles. The van der Waals surface area contributed by atoms with E-state index in [9.17, 15) is 4.79 Å². The molecule has 1 rings (SSSR count). The van der Waals surface area contributed by atoms with Crippen LogP contribution in [-0.4, -0.2) is 11.8 Å². The molecule has 0 N–H and O–H groups in total. The van der Waals surface area contributed by atoms with Gasteiger partial charge in [-0.15, -0.1) is 0 Å². The number of benzene rings is 1. The van der Waals surface area contributed by atoms with Gasteiger partial charge in [-0.3, -0.25) is 0 Å². The van der Waals surface area contributed by atoms with E-state index in [2.05, 4.69) is 4.99 Å². The third-order valence-corrected chi connectivity index (χ3v) is 1.74. The van der Waals surface area contributed by atoms with Gasteiger partial charge >= 0.3 is 6.09 Å². The number of para-hydroxylation sites is 1. The van der Waals surface area contributed by atoms with Gasteiger partial charge in [-0.1, -0.05) is 25.1 Å². The maximum absolute atomic E-state index is 11.2. The van der Waals surface area contributed by atoms with Gasteiger partial charge in [0.15, 0.2) is 0 Å². The number of rotatable bonds is 2. The van der Waals surface area contributed by atoms with E-state index in [0.29, 0.717) is 5.75 Å². The van der Waals surface area contributed by atoms with Gasteiger partial charge in [0.05, 0.1) is 0 Å². The van der Waals surface area contributed by atoms with Crippen LogP contribution in [0.1, 0.15) is 20.3 Å². The molecule has 1 aromatic rings. The zero-order chi connectivity index (χ0) is 10.4. The number of carbonyl (C=O) groups excluding carboxylic acids is 1. The first-order valence-electron chi connectivity index (χ1n) is 4.53. The molecule has 0 saturated carbocycles. The van der Waals surface area contributed by atoms with Crippen LogP contribution in [0.4, 0.5) is 4.79 Å². The first-order valence-corrected chi connectivity index (χ1v) is 4.53. The number of hydrogen-bond acceptors (Lipinski definition) is 2. The third kappa shape index (κ3) is 3.39. The average molecular weight is 191 g/mol. The molecular formula is C11H13NO2. The lowest BCUT2D eigenvalue weighted by Crippen LogP contribution is -2.04. The van der Waals surface area contributed by atoms with Crippen LogP contribution in [0.15, 0.2) is 35.3 Å². The van der Waals surface area contributed by atoms with Gasteiger partial charge < -0.3 is 4.74 Å². The van der Waals surface area contributed by atoms with Crippen molar-refractivity contribution in [2.75, 3.05) is 0 Å². The number of carbonyl (C=O) groups is 1. The zero-order valence-corrected chi connectivity index (χ0v) is 8.36. The molecule has 1 amide bonds. The Morgan fingerprint density at radius 2 is 2.00 bits per heavy atom. The molecule has 1 aromatic carbocycles. The Hall–Kier alpha value is -1.64. The molecule has 0 aliphatic carbocycles. The van der Waals surface area contributed by atoms with E-state index in [0.717, 1.165) is 12.1 Å². The van der Waals surface area contributed by atoms with Crippen LogP contribution in [0, 0.1) is 0 Å². The second-order valence-corrected chi connectivity index (χ2v) is 2.88. The summed E-state index contributed by atoms with van der Waals surface area (Å²) in [6.07, 6.45) is 0.194. The van der Waals surface area contributed by atoms with Crippen molar-refractivity contribution < 1.29 is 9.53 Å². The maximum atomic E-state index is 11.2. The number of ether oxygens (including phenoxy) is 1. The van der Waals surface area contributed by atoms with Gasteiger partial charge in [-0.2, -0.15) is 4.99 Å². The first-order chi connectivity index (χ1) is 6.72. The van der Waals surface area contributed by atoms with Crippen molar-refractivity contribution in [2.24, 2.45) is 4.99 Å².